The van der Waals surface area contributed by atoms with Crippen LogP contribution in [0.2, 0.25) is 0 Å². The van der Waals surface area contributed by atoms with E-state index in [0.29, 0.717) is 31.7 Å². The van der Waals surface area contributed by atoms with Crippen LogP contribution >= 0.6 is 0 Å². The van der Waals surface area contributed by atoms with Gasteiger partial charge in [-0.05, 0) is 25.0 Å². The van der Waals surface area contributed by atoms with Gasteiger partial charge in [-0.1, -0.05) is 5.57 Å². The van der Waals surface area contributed by atoms with Gasteiger partial charge in [0.05, 0.1) is 24.5 Å². The predicted octanol–water partition coefficient (Wildman–Crippen LogP) is 2.99. The van der Waals surface area contributed by atoms with E-state index >= 15 is 0 Å². The smallest absolute Gasteiger partial charge is 0.256 e. The van der Waals surface area contributed by atoms with Crippen molar-refractivity contribution in [3.63, 3.8) is 0 Å². The Morgan fingerprint density at radius 3 is 2.73 bits per heavy atom. The van der Waals surface area contributed by atoms with Crippen LogP contribution in [0, 0.1) is 11.6 Å². The first-order chi connectivity index (χ1) is 10.6. The van der Waals surface area contributed by atoms with E-state index in [2.05, 4.69) is 5.32 Å². The molecule has 0 aromatic heterocycles. The molecule has 0 bridgehead atoms. The van der Waals surface area contributed by atoms with E-state index in [1.807, 2.05) is 0 Å². The second-order valence-corrected chi connectivity index (χ2v) is 5.85. The zero-order valence-corrected chi connectivity index (χ0v) is 11.9. The molecular weight excluding hydrogens is 292 g/mol. The molecule has 4 nitrogen and oxygen atoms in total. The quantitative estimate of drug-likeness (QED) is 0.750. The van der Waals surface area contributed by atoms with E-state index in [1.54, 1.807) is 0 Å². The number of rotatable bonds is 0. The lowest BCUT2D eigenvalue weighted by Crippen LogP contribution is -2.34. The van der Waals surface area contributed by atoms with Crippen LogP contribution in [-0.4, -0.2) is 24.9 Å². The van der Waals surface area contributed by atoms with Gasteiger partial charge in [-0.25, -0.2) is 8.78 Å². The van der Waals surface area contributed by atoms with Crippen LogP contribution in [0.4, 0.5) is 14.5 Å². The predicted molar refractivity (Wildman–Crippen MR) is 75.0 cm³/mol. The van der Waals surface area contributed by atoms with Crippen molar-refractivity contribution in [2.75, 3.05) is 18.5 Å². The maximum atomic E-state index is 14.2. The van der Waals surface area contributed by atoms with Crippen molar-refractivity contribution in [1.29, 1.82) is 0 Å². The van der Waals surface area contributed by atoms with Gasteiger partial charge in [-0.15, -0.1) is 0 Å². The standard InChI is InChI=1S/C16H15F2NO3/c17-10-3-4-11-13(14(10)18)12(15(20)19-11)9-2-1-5-16(8-9)21-6-7-22-16/h3-4H,1-2,5-8H2,(H,19,20). The highest BCUT2D eigenvalue weighted by Crippen LogP contribution is 2.45. The van der Waals surface area contributed by atoms with E-state index in [-0.39, 0.29) is 17.0 Å². The molecule has 1 saturated carbocycles. The summed E-state index contributed by atoms with van der Waals surface area (Å²) >= 11 is 0. The maximum Gasteiger partial charge on any atom is 0.256 e. The summed E-state index contributed by atoms with van der Waals surface area (Å²) in [5.74, 6) is -3.02. The van der Waals surface area contributed by atoms with E-state index in [4.69, 9.17) is 9.47 Å². The van der Waals surface area contributed by atoms with Crippen molar-refractivity contribution >= 4 is 17.2 Å². The Kier molecular flexibility index (Phi) is 3.06. The summed E-state index contributed by atoms with van der Waals surface area (Å²) in [5.41, 5.74) is 1.37. The fraction of sp³-hybridized carbons (Fsp3) is 0.438. The summed E-state index contributed by atoms with van der Waals surface area (Å²) in [6.07, 6.45) is 2.63. The number of hydrogen-bond acceptors (Lipinski definition) is 3. The average Bonchev–Trinajstić information content (AvgIpc) is 3.08. The molecule has 1 N–H and O–H groups in total. The Bertz CT molecular complexity index is 693. The molecule has 1 saturated heterocycles. The molecule has 6 heteroatoms. The molecule has 0 radical (unpaired) electrons. The minimum atomic E-state index is -0.980. The first kappa shape index (κ1) is 13.8. The molecule has 22 heavy (non-hydrogen) atoms. The Morgan fingerprint density at radius 2 is 1.95 bits per heavy atom. The number of fused-ring (bicyclic) bond motifs is 1. The minimum Gasteiger partial charge on any atom is -0.347 e. The second kappa shape index (κ2) is 4.86. The van der Waals surface area contributed by atoms with Crippen molar-refractivity contribution < 1.29 is 23.0 Å². The van der Waals surface area contributed by atoms with Gasteiger partial charge in [0.1, 0.15) is 0 Å². The van der Waals surface area contributed by atoms with Crippen molar-refractivity contribution in [1.82, 2.24) is 0 Å². The van der Waals surface area contributed by atoms with Gasteiger partial charge in [-0.2, -0.15) is 0 Å². The third-order valence-electron chi connectivity index (χ3n) is 4.51. The third-order valence-corrected chi connectivity index (χ3v) is 4.51. The fourth-order valence-corrected chi connectivity index (χ4v) is 3.56. The van der Waals surface area contributed by atoms with Gasteiger partial charge in [-0.3, -0.25) is 4.79 Å². The monoisotopic (exact) mass is 307 g/mol. The Morgan fingerprint density at radius 1 is 1.18 bits per heavy atom. The highest BCUT2D eigenvalue weighted by Gasteiger charge is 2.42. The molecule has 2 aliphatic heterocycles. The maximum absolute atomic E-state index is 14.2. The van der Waals surface area contributed by atoms with E-state index in [0.717, 1.165) is 24.5 Å². The zero-order chi connectivity index (χ0) is 15.3. The molecule has 1 aromatic rings. The number of hydrogen-bond donors (Lipinski definition) is 1. The molecule has 2 heterocycles. The number of anilines is 1. The molecule has 3 aliphatic rings. The molecule has 116 valence electrons. The number of carbonyl (C=O) groups excluding carboxylic acids is 1. The van der Waals surface area contributed by atoms with E-state index < -0.39 is 17.4 Å². The second-order valence-electron chi connectivity index (χ2n) is 5.85. The highest BCUT2D eigenvalue weighted by atomic mass is 19.2. The largest absolute Gasteiger partial charge is 0.347 e. The summed E-state index contributed by atoms with van der Waals surface area (Å²) in [4.78, 5) is 12.3. The van der Waals surface area contributed by atoms with Crippen LogP contribution in [-0.2, 0) is 14.3 Å². The van der Waals surface area contributed by atoms with Crippen LogP contribution in [0.25, 0.3) is 5.57 Å². The van der Waals surface area contributed by atoms with Gasteiger partial charge >= 0.3 is 0 Å². The average molecular weight is 307 g/mol. The zero-order valence-electron chi connectivity index (χ0n) is 11.9. The van der Waals surface area contributed by atoms with Crippen LogP contribution in [0.3, 0.4) is 0 Å². The van der Waals surface area contributed by atoms with Gasteiger partial charge in [0, 0.05) is 18.4 Å². The number of amides is 1. The molecule has 1 aromatic carbocycles. The van der Waals surface area contributed by atoms with Crippen molar-refractivity contribution in [3.05, 3.63) is 34.9 Å². The summed E-state index contributed by atoms with van der Waals surface area (Å²) < 4.78 is 39.1. The number of nitrogens with one attached hydrogen (secondary N) is 1. The van der Waals surface area contributed by atoms with Crippen LogP contribution in [0.15, 0.2) is 17.7 Å². The van der Waals surface area contributed by atoms with Gasteiger partial charge in [0.15, 0.2) is 17.4 Å². The molecule has 2 fully saturated rings. The van der Waals surface area contributed by atoms with E-state index in [9.17, 15) is 13.6 Å². The minimum absolute atomic E-state index is 0.0371. The number of benzene rings is 1. The number of ether oxygens (including phenoxy) is 2. The molecule has 4 rings (SSSR count). The summed E-state index contributed by atoms with van der Waals surface area (Å²) in [5, 5.41) is 2.61. The first-order valence-electron chi connectivity index (χ1n) is 7.39. The molecule has 1 amide bonds. The van der Waals surface area contributed by atoms with Crippen LogP contribution < -0.4 is 5.32 Å². The summed E-state index contributed by atoms with van der Waals surface area (Å²) in [7, 11) is 0. The van der Waals surface area contributed by atoms with Gasteiger partial charge in [0.2, 0.25) is 0 Å². The SMILES string of the molecule is O=C1Nc2ccc(F)c(F)c2C1=C1CCCC2(C1)OCCO2. The van der Waals surface area contributed by atoms with Crippen molar-refractivity contribution in [2.24, 2.45) is 0 Å². The van der Waals surface area contributed by atoms with Crippen LogP contribution in [0.5, 0.6) is 0 Å². The molecule has 0 atom stereocenters. The van der Waals surface area contributed by atoms with E-state index in [1.165, 1.54) is 6.07 Å². The number of halogens is 2. The Labute approximate surface area is 126 Å². The number of carbonyl (C=O) groups is 1. The normalized spacial score (nSPS) is 26.4. The fourth-order valence-electron chi connectivity index (χ4n) is 3.56. The summed E-state index contributed by atoms with van der Waals surface area (Å²) in [6.45, 7) is 1.04. The van der Waals surface area contributed by atoms with Crippen molar-refractivity contribution in [2.45, 2.75) is 31.5 Å². The van der Waals surface area contributed by atoms with Gasteiger partial charge in [0.25, 0.3) is 5.91 Å². The Hall–Kier alpha value is -1.79. The lowest BCUT2D eigenvalue weighted by molar-refractivity contribution is -0.167. The first-order valence-corrected chi connectivity index (χ1v) is 7.39. The molecular formula is C16H15F2NO3. The topological polar surface area (TPSA) is 47.6 Å². The highest BCUT2D eigenvalue weighted by molar-refractivity contribution is 6.32. The molecule has 1 spiro atoms. The van der Waals surface area contributed by atoms with Crippen LogP contribution in [0.1, 0.15) is 31.2 Å². The van der Waals surface area contributed by atoms with Gasteiger partial charge < -0.3 is 14.8 Å². The third kappa shape index (κ3) is 1.98. The molecule has 1 aliphatic carbocycles. The lowest BCUT2D eigenvalue weighted by Gasteiger charge is -2.33. The molecule has 0 unspecified atom stereocenters. The van der Waals surface area contributed by atoms with Crippen molar-refractivity contribution in [3.8, 4) is 0 Å². The lowest BCUT2D eigenvalue weighted by atomic mass is 9.84. The Balaban J connectivity index is 1.82. The summed E-state index contributed by atoms with van der Waals surface area (Å²) in [6, 6.07) is 2.41.